The second kappa shape index (κ2) is 5.46. The molecule has 0 saturated carbocycles. The summed E-state index contributed by atoms with van der Waals surface area (Å²) in [6.07, 6.45) is 0.929. The average Bonchev–Trinajstić information content (AvgIpc) is 2.40. The molecule has 0 unspecified atom stereocenters. The van der Waals surface area contributed by atoms with Crippen LogP contribution in [0.2, 0.25) is 0 Å². The second-order valence-electron chi connectivity index (χ2n) is 4.08. The quantitative estimate of drug-likeness (QED) is 0.846. The molecule has 2 rings (SSSR count). The highest BCUT2D eigenvalue weighted by Gasteiger charge is 2.01. The van der Waals surface area contributed by atoms with Crippen LogP contribution in [-0.4, -0.2) is 6.54 Å². The fourth-order valence-corrected chi connectivity index (χ4v) is 1.85. The molecule has 0 aliphatic rings. The largest absolute Gasteiger partial charge is 0.330 e. The standard InChI is InChI=1S/C16H17N/c1-13(15-5-3-2-4-6-15)16-9-7-14(8-10-16)11-12-17/h2-10H,1,11-12,17H2. The highest BCUT2D eigenvalue weighted by Crippen LogP contribution is 2.21. The van der Waals surface area contributed by atoms with Crippen LogP contribution in [0.5, 0.6) is 0 Å². The lowest BCUT2D eigenvalue weighted by Gasteiger charge is -2.07. The van der Waals surface area contributed by atoms with E-state index in [1.807, 2.05) is 18.2 Å². The molecule has 2 N–H and O–H groups in total. The Morgan fingerprint density at radius 1 is 0.882 bits per heavy atom. The minimum Gasteiger partial charge on any atom is -0.330 e. The molecule has 0 aromatic heterocycles. The van der Waals surface area contributed by atoms with E-state index in [-0.39, 0.29) is 0 Å². The number of nitrogens with two attached hydrogens (primary N) is 1. The van der Waals surface area contributed by atoms with Gasteiger partial charge in [-0.25, -0.2) is 0 Å². The summed E-state index contributed by atoms with van der Waals surface area (Å²) < 4.78 is 0. The minimum absolute atomic E-state index is 0.693. The fraction of sp³-hybridized carbons (Fsp3) is 0.125. The van der Waals surface area contributed by atoms with Crippen LogP contribution in [0.25, 0.3) is 5.57 Å². The first kappa shape index (κ1) is 11.6. The zero-order chi connectivity index (χ0) is 12.1. The second-order valence-corrected chi connectivity index (χ2v) is 4.08. The Kier molecular flexibility index (Phi) is 3.73. The molecule has 86 valence electrons. The highest BCUT2D eigenvalue weighted by molar-refractivity contribution is 5.77. The van der Waals surface area contributed by atoms with Gasteiger partial charge in [-0.2, -0.15) is 0 Å². The lowest BCUT2D eigenvalue weighted by atomic mass is 9.98. The number of hydrogen-bond acceptors (Lipinski definition) is 1. The molecule has 2 aromatic rings. The molecule has 17 heavy (non-hydrogen) atoms. The van der Waals surface area contributed by atoms with Crippen molar-refractivity contribution < 1.29 is 0 Å². The summed E-state index contributed by atoms with van der Waals surface area (Å²) >= 11 is 0. The molecule has 0 aliphatic carbocycles. The molecule has 0 fully saturated rings. The van der Waals surface area contributed by atoms with Crippen LogP contribution in [0, 0.1) is 0 Å². The molecule has 1 nitrogen and oxygen atoms in total. The van der Waals surface area contributed by atoms with Crippen LogP contribution < -0.4 is 5.73 Å². The number of hydrogen-bond donors (Lipinski definition) is 1. The van der Waals surface area contributed by atoms with Crippen molar-refractivity contribution in [2.45, 2.75) is 6.42 Å². The Morgan fingerprint density at radius 2 is 1.47 bits per heavy atom. The Labute approximate surface area is 103 Å². The number of rotatable bonds is 4. The van der Waals surface area contributed by atoms with Gasteiger partial charge in [-0.05, 0) is 35.2 Å². The van der Waals surface area contributed by atoms with E-state index in [2.05, 4.69) is 43.0 Å². The summed E-state index contributed by atoms with van der Waals surface area (Å²) in [5.41, 5.74) is 10.2. The van der Waals surface area contributed by atoms with Crippen molar-refractivity contribution in [3.8, 4) is 0 Å². The van der Waals surface area contributed by atoms with Crippen molar-refractivity contribution >= 4 is 5.57 Å². The van der Waals surface area contributed by atoms with E-state index in [1.54, 1.807) is 0 Å². The van der Waals surface area contributed by atoms with Crippen molar-refractivity contribution in [3.63, 3.8) is 0 Å². The maximum Gasteiger partial charge on any atom is -0.00367 e. The monoisotopic (exact) mass is 223 g/mol. The van der Waals surface area contributed by atoms with Crippen molar-refractivity contribution in [1.29, 1.82) is 0 Å². The molecule has 0 spiro atoms. The average molecular weight is 223 g/mol. The fourth-order valence-electron chi connectivity index (χ4n) is 1.85. The van der Waals surface area contributed by atoms with Crippen LogP contribution >= 0.6 is 0 Å². The summed E-state index contributed by atoms with van der Waals surface area (Å²) in [5, 5.41) is 0. The third-order valence-electron chi connectivity index (χ3n) is 2.86. The Bertz CT molecular complexity index is 483. The van der Waals surface area contributed by atoms with E-state index in [1.165, 1.54) is 11.1 Å². The smallest absolute Gasteiger partial charge is 0.00367 e. The van der Waals surface area contributed by atoms with Crippen molar-refractivity contribution in [3.05, 3.63) is 77.9 Å². The van der Waals surface area contributed by atoms with Crippen LogP contribution in [0.4, 0.5) is 0 Å². The first-order chi connectivity index (χ1) is 8.31. The van der Waals surface area contributed by atoms with E-state index >= 15 is 0 Å². The molecule has 2 aromatic carbocycles. The maximum absolute atomic E-state index is 5.53. The molecule has 0 heterocycles. The van der Waals surface area contributed by atoms with E-state index in [0.717, 1.165) is 17.6 Å². The lowest BCUT2D eigenvalue weighted by Crippen LogP contribution is -2.02. The van der Waals surface area contributed by atoms with Gasteiger partial charge >= 0.3 is 0 Å². The van der Waals surface area contributed by atoms with E-state index in [0.29, 0.717) is 6.54 Å². The minimum atomic E-state index is 0.693. The van der Waals surface area contributed by atoms with E-state index in [9.17, 15) is 0 Å². The Balaban J connectivity index is 2.20. The third-order valence-corrected chi connectivity index (χ3v) is 2.86. The summed E-state index contributed by atoms with van der Waals surface area (Å²) in [6, 6.07) is 18.7. The van der Waals surface area contributed by atoms with Gasteiger partial charge in [0, 0.05) is 0 Å². The first-order valence-electron chi connectivity index (χ1n) is 5.85. The SMILES string of the molecule is C=C(c1ccccc1)c1ccc(CCN)cc1. The van der Waals surface area contributed by atoms with Gasteiger partial charge in [0.25, 0.3) is 0 Å². The van der Waals surface area contributed by atoms with Crippen LogP contribution in [0.15, 0.2) is 61.2 Å². The van der Waals surface area contributed by atoms with Gasteiger partial charge in [0.1, 0.15) is 0 Å². The Morgan fingerprint density at radius 3 is 2.06 bits per heavy atom. The summed E-state index contributed by atoms with van der Waals surface area (Å²) in [4.78, 5) is 0. The van der Waals surface area contributed by atoms with Crippen molar-refractivity contribution in [2.75, 3.05) is 6.54 Å². The van der Waals surface area contributed by atoms with Gasteiger partial charge in [0.05, 0.1) is 0 Å². The van der Waals surface area contributed by atoms with Crippen LogP contribution in [-0.2, 0) is 6.42 Å². The van der Waals surface area contributed by atoms with Crippen molar-refractivity contribution in [1.82, 2.24) is 0 Å². The summed E-state index contributed by atoms with van der Waals surface area (Å²) in [7, 11) is 0. The predicted octanol–water partition coefficient (Wildman–Crippen LogP) is 3.25. The molecule has 0 saturated heterocycles. The van der Waals surface area contributed by atoms with Gasteiger partial charge in [-0.1, -0.05) is 61.2 Å². The van der Waals surface area contributed by atoms with Gasteiger partial charge in [-0.3, -0.25) is 0 Å². The Hall–Kier alpha value is -1.86. The topological polar surface area (TPSA) is 26.0 Å². The predicted molar refractivity (Wildman–Crippen MR) is 73.8 cm³/mol. The molecular weight excluding hydrogens is 206 g/mol. The molecule has 0 radical (unpaired) electrons. The van der Waals surface area contributed by atoms with Gasteiger partial charge in [0.2, 0.25) is 0 Å². The zero-order valence-electron chi connectivity index (χ0n) is 9.89. The molecule has 0 bridgehead atoms. The lowest BCUT2D eigenvalue weighted by molar-refractivity contribution is 0.968. The van der Waals surface area contributed by atoms with Gasteiger partial charge < -0.3 is 5.73 Å². The van der Waals surface area contributed by atoms with Crippen LogP contribution in [0.3, 0.4) is 0 Å². The highest BCUT2D eigenvalue weighted by atomic mass is 14.5. The normalized spacial score (nSPS) is 10.2. The van der Waals surface area contributed by atoms with Crippen molar-refractivity contribution in [2.24, 2.45) is 5.73 Å². The van der Waals surface area contributed by atoms with Gasteiger partial charge in [-0.15, -0.1) is 0 Å². The summed E-state index contributed by atoms with van der Waals surface area (Å²) in [6.45, 7) is 4.84. The molecular formula is C16H17N. The van der Waals surface area contributed by atoms with E-state index in [4.69, 9.17) is 5.73 Å². The number of benzene rings is 2. The molecule has 0 amide bonds. The molecule has 0 aliphatic heterocycles. The van der Waals surface area contributed by atoms with E-state index < -0.39 is 0 Å². The molecule has 0 atom stereocenters. The van der Waals surface area contributed by atoms with Gasteiger partial charge in [0.15, 0.2) is 0 Å². The van der Waals surface area contributed by atoms with Crippen LogP contribution in [0.1, 0.15) is 16.7 Å². The zero-order valence-corrected chi connectivity index (χ0v) is 9.89. The first-order valence-corrected chi connectivity index (χ1v) is 5.85. The maximum atomic E-state index is 5.53. The third kappa shape index (κ3) is 2.83. The summed E-state index contributed by atoms with van der Waals surface area (Å²) in [5.74, 6) is 0. The molecule has 1 heteroatoms.